The molecule has 1 aliphatic heterocycles. The van der Waals surface area contributed by atoms with Crippen molar-refractivity contribution in [2.24, 2.45) is 5.92 Å². The number of carbonyl (C=O) groups is 2. The van der Waals surface area contributed by atoms with Crippen molar-refractivity contribution in [1.82, 2.24) is 4.90 Å². The van der Waals surface area contributed by atoms with Crippen LogP contribution >= 0.6 is 0 Å². The Balaban J connectivity index is 2.84. The van der Waals surface area contributed by atoms with Crippen LogP contribution in [0.4, 0.5) is 0 Å². The summed E-state index contributed by atoms with van der Waals surface area (Å²) < 4.78 is 0. The van der Waals surface area contributed by atoms with Gasteiger partial charge >= 0.3 is 0 Å². The van der Waals surface area contributed by atoms with Crippen molar-refractivity contribution in [1.29, 1.82) is 0 Å². The van der Waals surface area contributed by atoms with E-state index < -0.39 is 0 Å². The molecule has 0 N–H and O–H groups in total. The minimum Gasteiger partial charge on any atom is -0.332 e. The van der Waals surface area contributed by atoms with Gasteiger partial charge in [0, 0.05) is 13.0 Å². The second-order valence-corrected chi connectivity index (χ2v) is 5.44. The number of piperidine rings is 1. The molecule has 0 bridgehead atoms. The molecule has 0 spiro atoms. The second kappa shape index (κ2) is 7.55. The van der Waals surface area contributed by atoms with Crippen LogP contribution < -0.4 is 0 Å². The minimum atomic E-state index is -0.169. The topological polar surface area (TPSA) is 37.4 Å². The lowest BCUT2D eigenvalue weighted by Gasteiger charge is -2.38. The van der Waals surface area contributed by atoms with Crippen molar-refractivity contribution in [2.75, 3.05) is 6.54 Å². The minimum absolute atomic E-state index is 0.164. The zero-order valence-corrected chi connectivity index (χ0v) is 12.1. The molecule has 1 saturated heterocycles. The fourth-order valence-corrected chi connectivity index (χ4v) is 3.13. The molecule has 0 aliphatic carbocycles. The summed E-state index contributed by atoms with van der Waals surface area (Å²) in [7, 11) is 0. The second-order valence-electron chi connectivity index (χ2n) is 5.44. The van der Waals surface area contributed by atoms with Crippen LogP contribution in [0.5, 0.6) is 0 Å². The van der Waals surface area contributed by atoms with E-state index >= 15 is 0 Å². The average Bonchev–Trinajstić information content (AvgIpc) is 2.32. The predicted octanol–water partition coefficient (Wildman–Crippen LogP) is 3.17. The smallest absolute Gasteiger partial charge is 0.223 e. The summed E-state index contributed by atoms with van der Waals surface area (Å²) >= 11 is 0. The van der Waals surface area contributed by atoms with Crippen LogP contribution in [0.15, 0.2) is 0 Å². The van der Waals surface area contributed by atoms with Crippen LogP contribution in [0.3, 0.4) is 0 Å². The van der Waals surface area contributed by atoms with Crippen LogP contribution in [-0.4, -0.2) is 29.2 Å². The fraction of sp³-hybridized carbons (Fsp3) is 0.867. The van der Waals surface area contributed by atoms with Crippen molar-refractivity contribution in [3.8, 4) is 0 Å². The number of rotatable bonds is 7. The van der Waals surface area contributed by atoms with Crippen molar-refractivity contribution in [3.05, 3.63) is 0 Å². The summed E-state index contributed by atoms with van der Waals surface area (Å²) in [5.74, 6) is 0.690. The first-order valence-electron chi connectivity index (χ1n) is 7.41. The van der Waals surface area contributed by atoms with E-state index in [0.717, 1.165) is 45.1 Å². The van der Waals surface area contributed by atoms with E-state index in [2.05, 4.69) is 13.8 Å². The van der Waals surface area contributed by atoms with Crippen molar-refractivity contribution < 1.29 is 9.59 Å². The van der Waals surface area contributed by atoms with Crippen molar-refractivity contribution in [2.45, 2.75) is 71.8 Å². The summed E-state index contributed by atoms with van der Waals surface area (Å²) in [5, 5.41) is 0. The molecule has 0 aromatic heterocycles. The van der Waals surface area contributed by atoms with Crippen molar-refractivity contribution >= 4 is 11.7 Å². The molecular weight excluding hydrogens is 226 g/mol. The molecule has 18 heavy (non-hydrogen) atoms. The third-order valence-corrected chi connectivity index (χ3v) is 3.88. The molecule has 1 atom stereocenters. The number of hydrogen-bond donors (Lipinski definition) is 0. The van der Waals surface area contributed by atoms with Gasteiger partial charge in [-0.05, 0) is 38.5 Å². The molecule has 0 aromatic carbocycles. The Kier molecular flexibility index (Phi) is 6.37. The van der Waals surface area contributed by atoms with E-state index in [1.54, 1.807) is 6.92 Å². The molecule has 0 aromatic rings. The maximum absolute atomic E-state index is 12.0. The van der Waals surface area contributed by atoms with Crippen LogP contribution in [0.1, 0.15) is 65.7 Å². The van der Waals surface area contributed by atoms with Gasteiger partial charge in [0.15, 0.2) is 5.78 Å². The molecule has 0 radical (unpaired) electrons. The maximum atomic E-state index is 12.0. The number of carbonyl (C=O) groups excluding carboxylic acids is 2. The first kappa shape index (κ1) is 15.2. The molecule has 0 unspecified atom stereocenters. The van der Waals surface area contributed by atoms with E-state index in [-0.39, 0.29) is 17.7 Å². The Hall–Kier alpha value is -0.860. The lowest BCUT2D eigenvalue weighted by molar-refractivity contribution is -0.143. The van der Waals surface area contributed by atoms with Crippen molar-refractivity contribution in [3.63, 3.8) is 0 Å². The maximum Gasteiger partial charge on any atom is 0.223 e. The highest BCUT2D eigenvalue weighted by molar-refractivity contribution is 5.88. The van der Waals surface area contributed by atoms with Gasteiger partial charge in [0.1, 0.15) is 0 Å². The summed E-state index contributed by atoms with van der Waals surface area (Å²) in [6, 6.07) is -0.169. The van der Waals surface area contributed by atoms with E-state index in [1.807, 2.05) is 4.90 Å². The van der Waals surface area contributed by atoms with Gasteiger partial charge in [0.05, 0.1) is 6.04 Å². The van der Waals surface area contributed by atoms with Gasteiger partial charge in [-0.2, -0.15) is 0 Å². The molecule has 0 saturated carbocycles. The molecule has 1 heterocycles. The van der Waals surface area contributed by atoms with Gasteiger partial charge in [0.25, 0.3) is 0 Å². The van der Waals surface area contributed by atoms with Crippen LogP contribution in [0, 0.1) is 5.92 Å². The summed E-state index contributed by atoms with van der Waals surface area (Å²) in [6.07, 6.45) is 6.89. The number of Topliss-reactive ketones (excluding diaryl/α,β-unsaturated/α-hetero) is 1. The van der Waals surface area contributed by atoms with Gasteiger partial charge < -0.3 is 4.90 Å². The van der Waals surface area contributed by atoms with Gasteiger partial charge in [-0.25, -0.2) is 0 Å². The molecule has 3 heteroatoms. The van der Waals surface area contributed by atoms with Gasteiger partial charge in [-0.1, -0.05) is 26.7 Å². The first-order valence-corrected chi connectivity index (χ1v) is 7.41. The molecule has 1 aliphatic rings. The lowest BCUT2D eigenvalue weighted by atomic mass is 9.86. The third kappa shape index (κ3) is 3.82. The Labute approximate surface area is 111 Å². The molecular formula is C15H27NO2. The van der Waals surface area contributed by atoms with E-state index in [9.17, 15) is 9.59 Å². The largest absolute Gasteiger partial charge is 0.332 e. The van der Waals surface area contributed by atoms with Crippen LogP contribution in [0.2, 0.25) is 0 Å². The standard InChI is InChI=1S/C15H27NO2/c1-4-8-13(9-5-2)15(12(3)17)16-11-7-6-10-14(16)18/h13,15H,4-11H2,1-3H3/t15-/m0/s1. The molecule has 104 valence electrons. The fourth-order valence-electron chi connectivity index (χ4n) is 3.13. The highest BCUT2D eigenvalue weighted by Gasteiger charge is 2.34. The summed E-state index contributed by atoms with van der Waals surface area (Å²) in [5.41, 5.74) is 0. The highest BCUT2D eigenvalue weighted by Crippen LogP contribution is 2.26. The van der Waals surface area contributed by atoms with Gasteiger partial charge in [-0.15, -0.1) is 0 Å². The lowest BCUT2D eigenvalue weighted by Crippen LogP contribution is -2.50. The SMILES string of the molecule is CCCC(CCC)[C@H](C(C)=O)N1CCCCC1=O. The normalized spacial score (nSPS) is 18.2. The monoisotopic (exact) mass is 253 g/mol. The summed E-state index contributed by atoms with van der Waals surface area (Å²) in [4.78, 5) is 25.9. The predicted molar refractivity (Wildman–Crippen MR) is 73.3 cm³/mol. The Morgan fingerprint density at radius 3 is 2.28 bits per heavy atom. The Bertz CT molecular complexity index is 282. The average molecular weight is 253 g/mol. The zero-order chi connectivity index (χ0) is 13.5. The van der Waals surface area contributed by atoms with Crippen LogP contribution in [-0.2, 0) is 9.59 Å². The molecule has 3 nitrogen and oxygen atoms in total. The quantitative estimate of drug-likeness (QED) is 0.699. The van der Waals surface area contributed by atoms with E-state index in [0.29, 0.717) is 12.3 Å². The Morgan fingerprint density at radius 2 is 1.83 bits per heavy atom. The molecule has 1 amide bonds. The molecule has 1 fully saturated rings. The van der Waals surface area contributed by atoms with E-state index in [1.165, 1.54) is 0 Å². The number of likely N-dealkylation sites (tertiary alicyclic amines) is 1. The van der Waals surface area contributed by atoms with E-state index in [4.69, 9.17) is 0 Å². The number of ketones is 1. The number of nitrogens with zero attached hydrogens (tertiary/aromatic N) is 1. The third-order valence-electron chi connectivity index (χ3n) is 3.88. The van der Waals surface area contributed by atoms with Gasteiger partial charge in [-0.3, -0.25) is 9.59 Å². The highest BCUT2D eigenvalue weighted by atomic mass is 16.2. The first-order chi connectivity index (χ1) is 8.61. The Morgan fingerprint density at radius 1 is 1.22 bits per heavy atom. The zero-order valence-electron chi connectivity index (χ0n) is 12.1. The van der Waals surface area contributed by atoms with Crippen LogP contribution in [0.25, 0.3) is 0 Å². The van der Waals surface area contributed by atoms with Gasteiger partial charge in [0.2, 0.25) is 5.91 Å². The number of amides is 1. The number of hydrogen-bond acceptors (Lipinski definition) is 2. The molecule has 1 rings (SSSR count). The summed E-state index contributed by atoms with van der Waals surface area (Å²) in [6.45, 7) is 6.72.